The molecule has 3 aromatic rings. The van der Waals surface area contributed by atoms with Gasteiger partial charge in [-0.2, -0.15) is 0 Å². The van der Waals surface area contributed by atoms with Gasteiger partial charge in [0, 0.05) is 24.5 Å². The van der Waals surface area contributed by atoms with E-state index in [1.807, 2.05) is 13.0 Å². The SMILES string of the molecule is CCOc1ccc(C2C(=C(O)c3ccc(OC)cc3)C(=O)C(=O)N2Cc2cccnc2)cc1OC. The number of aliphatic hydroxyl groups is 1. The molecule has 1 N–H and O–H groups in total. The van der Waals surface area contributed by atoms with Gasteiger partial charge in [-0.05, 0) is 60.5 Å². The van der Waals surface area contributed by atoms with E-state index in [0.29, 0.717) is 35.0 Å². The lowest BCUT2D eigenvalue weighted by atomic mass is 9.94. The summed E-state index contributed by atoms with van der Waals surface area (Å²) < 4.78 is 16.3. The Kier molecular flexibility index (Phi) is 7.01. The van der Waals surface area contributed by atoms with Gasteiger partial charge < -0.3 is 24.2 Å². The van der Waals surface area contributed by atoms with Crippen molar-refractivity contribution >= 4 is 17.4 Å². The lowest BCUT2D eigenvalue weighted by Crippen LogP contribution is -2.29. The summed E-state index contributed by atoms with van der Waals surface area (Å²) in [4.78, 5) is 32.0. The molecule has 0 aliphatic carbocycles. The Morgan fingerprint density at radius 3 is 2.43 bits per heavy atom. The number of nitrogens with zero attached hydrogens (tertiary/aromatic N) is 2. The fraction of sp³-hybridized carbons (Fsp3) is 0.222. The molecule has 8 heteroatoms. The van der Waals surface area contributed by atoms with E-state index in [9.17, 15) is 14.7 Å². The predicted molar refractivity (Wildman–Crippen MR) is 129 cm³/mol. The van der Waals surface area contributed by atoms with Gasteiger partial charge in [0.1, 0.15) is 11.5 Å². The van der Waals surface area contributed by atoms with Crippen molar-refractivity contribution in [3.63, 3.8) is 0 Å². The highest BCUT2D eigenvalue weighted by molar-refractivity contribution is 6.46. The van der Waals surface area contributed by atoms with Gasteiger partial charge in [-0.15, -0.1) is 0 Å². The van der Waals surface area contributed by atoms with Crippen molar-refractivity contribution in [2.45, 2.75) is 19.5 Å². The van der Waals surface area contributed by atoms with Crippen molar-refractivity contribution in [1.29, 1.82) is 0 Å². The highest BCUT2D eigenvalue weighted by atomic mass is 16.5. The van der Waals surface area contributed by atoms with Gasteiger partial charge >= 0.3 is 0 Å². The number of rotatable bonds is 8. The Bertz CT molecular complexity index is 1250. The van der Waals surface area contributed by atoms with Crippen LogP contribution >= 0.6 is 0 Å². The summed E-state index contributed by atoms with van der Waals surface area (Å²) in [5.74, 6) is -0.135. The molecular formula is C27H26N2O6. The molecule has 0 bridgehead atoms. The van der Waals surface area contributed by atoms with Crippen molar-refractivity contribution in [2.75, 3.05) is 20.8 Å². The van der Waals surface area contributed by atoms with Crippen LogP contribution in [0.5, 0.6) is 17.2 Å². The van der Waals surface area contributed by atoms with Crippen molar-refractivity contribution in [1.82, 2.24) is 9.88 Å². The molecule has 1 aliphatic heterocycles. The molecule has 8 nitrogen and oxygen atoms in total. The third-order valence-electron chi connectivity index (χ3n) is 5.78. The zero-order valence-electron chi connectivity index (χ0n) is 19.7. The number of amides is 1. The van der Waals surface area contributed by atoms with E-state index in [4.69, 9.17) is 14.2 Å². The average molecular weight is 475 g/mol. The first-order chi connectivity index (χ1) is 17.0. The van der Waals surface area contributed by atoms with Crippen LogP contribution < -0.4 is 14.2 Å². The second-order valence-corrected chi connectivity index (χ2v) is 7.86. The Balaban J connectivity index is 1.86. The fourth-order valence-corrected chi connectivity index (χ4v) is 4.11. The number of hydrogen-bond donors (Lipinski definition) is 1. The zero-order valence-corrected chi connectivity index (χ0v) is 19.7. The summed E-state index contributed by atoms with van der Waals surface area (Å²) >= 11 is 0. The van der Waals surface area contributed by atoms with Gasteiger partial charge in [0.25, 0.3) is 11.7 Å². The number of likely N-dealkylation sites (tertiary alicyclic amines) is 1. The Morgan fingerprint density at radius 1 is 1.03 bits per heavy atom. The van der Waals surface area contributed by atoms with Gasteiger partial charge in [-0.25, -0.2) is 0 Å². The number of methoxy groups -OCH3 is 2. The summed E-state index contributed by atoms with van der Waals surface area (Å²) in [6.45, 7) is 2.45. The standard InChI is InChI=1S/C27H26N2O6/c1-4-35-21-12-9-19(14-22(21)34-3)24-23(25(30)18-7-10-20(33-2)11-8-18)26(31)27(32)29(24)16-17-6-5-13-28-15-17/h5-15,24,30H,4,16H2,1-3H3. The van der Waals surface area contributed by atoms with Crippen molar-refractivity contribution in [3.05, 3.63) is 89.3 Å². The number of carbonyl (C=O) groups is 2. The van der Waals surface area contributed by atoms with Crippen molar-refractivity contribution in [2.24, 2.45) is 0 Å². The summed E-state index contributed by atoms with van der Waals surface area (Å²) in [6.07, 6.45) is 3.27. The molecule has 0 radical (unpaired) electrons. The van der Waals surface area contributed by atoms with E-state index in [2.05, 4.69) is 4.98 Å². The molecule has 4 rings (SSSR count). The molecule has 1 saturated heterocycles. The quantitative estimate of drug-likeness (QED) is 0.298. The molecular weight excluding hydrogens is 448 g/mol. The van der Waals surface area contributed by atoms with E-state index in [0.717, 1.165) is 5.56 Å². The van der Waals surface area contributed by atoms with E-state index in [1.54, 1.807) is 60.9 Å². The Hall–Kier alpha value is -4.33. The van der Waals surface area contributed by atoms with Crippen LogP contribution in [0.4, 0.5) is 0 Å². The molecule has 0 saturated carbocycles. The number of ether oxygens (including phenoxy) is 3. The lowest BCUT2D eigenvalue weighted by molar-refractivity contribution is -0.140. The minimum absolute atomic E-state index is 0.00438. The third kappa shape index (κ3) is 4.68. The summed E-state index contributed by atoms with van der Waals surface area (Å²) in [5, 5.41) is 11.2. The van der Waals surface area contributed by atoms with Gasteiger partial charge in [0.05, 0.1) is 32.4 Å². The monoisotopic (exact) mass is 474 g/mol. The van der Waals surface area contributed by atoms with Crippen molar-refractivity contribution < 1.29 is 28.9 Å². The van der Waals surface area contributed by atoms with E-state index in [1.165, 1.54) is 19.1 Å². The molecule has 1 aliphatic rings. The van der Waals surface area contributed by atoms with Crippen LogP contribution in [-0.4, -0.2) is 47.5 Å². The maximum Gasteiger partial charge on any atom is 0.295 e. The van der Waals surface area contributed by atoms with Gasteiger partial charge in [0.15, 0.2) is 11.5 Å². The van der Waals surface area contributed by atoms with Crippen LogP contribution in [0.3, 0.4) is 0 Å². The Morgan fingerprint density at radius 2 is 1.80 bits per heavy atom. The molecule has 2 aromatic carbocycles. The van der Waals surface area contributed by atoms with Crippen LogP contribution in [0.25, 0.3) is 5.76 Å². The number of carbonyl (C=O) groups excluding carboxylic acids is 2. The molecule has 2 heterocycles. The largest absolute Gasteiger partial charge is 0.507 e. The number of Topliss-reactive ketones (excluding diaryl/α,β-unsaturated/α-hetero) is 1. The fourth-order valence-electron chi connectivity index (χ4n) is 4.11. The third-order valence-corrected chi connectivity index (χ3v) is 5.78. The molecule has 1 unspecified atom stereocenters. The first-order valence-corrected chi connectivity index (χ1v) is 11.1. The number of aromatic nitrogens is 1. The molecule has 1 atom stereocenters. The van der Waals surface area contributed by atoms with Crippen LogP contribution in [-0.2, 0) is 16.1 Å². The maximum atomic E-state index is 13.2. The summed E-state index contributed by atoms with van der Waals surface area (Å²) in [6, 6.07) is 14.6. The smallest absolute Gasteiger partial charge is 0.295 e. The number of benzene rings is 2. The number of aliphatic hydroxyl groups excluding tert-OH is 1. The van der Waals surface area contributed by atoms with Crippen molar-refractivity contribution in [3.8, 4) is 17.2 Å². The second kappa shape index (κ2) is 10.3. The molecule has 0 spiro atoms. The molecule has 1 amide bonds. The summed E-state index contributed by atoms with van der Waals surface area (Å²) in [7, 11) is 3.06. The number of ketones is 1. The van der Waals surface area contributed by atoms with E-state index >= 15 is 0 Å². The van der Waals surface area contributed by atoms with Gasteiger partial charge in [-0.1, -0.05) is 12.1 Å². The minimum atomic E-state index is -0.845. The normalized spacial score (nSPS) is 16.9. The summed E-state index contributed by atoms with van der Waals surface area (Å²) in [5.41, 5.74) is 1.74. The first-order valence-electron chi connectivity index (χ1n) is 11.1. The van der Waals surface area contributed by atoms with Crippen LogP contribution in [0.2, 0.25) is 0 Å². The second-order valence-electron chi connectivity index (χ2n) is 7.86. The first kappa shape index (κ1) is 23.8. The Labute approximate surface area is 203 Å². The molecule has 35 heavy (non-hydrogen) atoms. The van der Waals surface area contributed by atoms with Gasteiger partial charge in [0.2, 0.25) is 0 Å². The predicted octanol–water partition coefficient (Wildman–Crippen LogP) is 4.12. The van der Waals surface area contributed by atoms with Gasteiger partial charge in [-0.3, -0.25) is 14.6 Å². The van der Waals surface area contributed by atoms with Crippen LogP contribution in [0.1, 0.15) is 29.7 Å². The molecule has 1 fully saturated rings. The number of pyridine rings is 1. The number of hydrogen-bond acceptors (Lipinski definition) is 7. The van der Waals surface area contributed by atoms with E-state index < -0.39 is 17.7 Å². The van der Waals surface area contributed by atoms with Crippen LogP contribution in [0.15, 0.2) is 72.6 Å². The average Bonchev–Trinajstić information content (AvgIpc) is 3.14. The van der Waals surface area contributed by atoms with Crippen LogP contribution in [0, 0.1) is 0 Å². The molecule has 1 aromatic heterocycles. The zero-order chi connectivity index (χ0) is 24.9. The highest BCUT2D eigenvalue weighted by Gasteiger charge is 2.46. The highest BCUT2D eigenvalue weighted by Crippen LogP contribution is 2.42. The lowest BCUT2D eigenvalue weighted by Gasteiger charge is -2.26. The minimum Gasteiger partial charge on any atom is -0.507 e. The topological polar surface area (TPSA) is 98.2 Å². The molecule has 180 valence electrons. The maximum absolute atomic E-state index is 13.2. The van der Waals surface area contributed by atoms with E-state index in [-0.39, 0.29) is 17.9 Å².